The van der Waals surface area contributed by atoms with E-state index in [1.165, 1.54) is 30.5 Å². The van der Waals surface area contributed by atoms with Crippen LogP contribution in [0.15, 0.2) is 47.1 Å². The van der Waals surface area contributed by atoms with Crippen molar-refractivity contribution in [2.45, 2.75) is 19.9 Å². The number of anilines is 1. The summed E-state index contributed by atoms with van der Waals surface area (Å²) in [6.45, 7) is 2.89. The third-order valence-electron chi connectivity index (χ3n) is 3.41. The maximum atomic E-state index is 13.1. The molecule has 0 aliphatic carbocycles. The van der Waals surface area contributed by atoms with Gasteiger partial charge in [-0.3, -0.25) is 9.59 Å². The lowest BCUT2D eigenvalue weighted by molar-refractivity contribution is -0.150. The summed E-state index contributed by atoms with van der Waals surface area (Å²) in [7, 11) is 0. The first-order valence-electron chi connectivity index (χ1n) is 7.93. The Kier molecular flexibility index (Phi) is 6.48. The minimum atomic E-state index is -0.949. The second kappa shape index (κ2) is 8.80. The number of carbonyl (C=O) groups is 3. The maximum Gasteiger partial charge on any atom is 0.329 e. The van der Waals surface area contributed by atoms with Crippen molar-refractivity contribution in [1.29, 1.82) is 0 Å². The van der Waals surface area contributed by atoms with Crippen molar-refractivity contribution in [1.82, 2.24) is 5.32 Å². The summed E-state index contributed by atoms with van der Waals surface area (Å²) >= 11 is 0. The van der Waals surface area contributed by atoms with Crippen LogP contribution < -0.4 is 10.6 Å². The molecule has 1 heterocycles. The van der Waals surface area contributed by atoms with Gasteiger partial charge in [-0.2, -0.15) is 0 Å². The number of halogens is 1. The van der Waals surface area contributed by atoms with Gasteiger partial charge >= 0.3 is 5.97 Å². The number of ether oxygens (including phenoxy) is 1. The van der Waals surface area contributed by atoms with Crippen LogP contribution in [0.4, 0.5) is 10.1 Å². The first-order valence-corrected chi connectivity index (χ1v) is 7.93. The van der Waals surface area contributed by atoms with Crippen LogP contribution in [-0.2, 0) is 14.3 Å². The summed E-state index contributed by atoms with van der Waals surface area (Å²) in [4.78, 5) is 36.0. The smallest absolute Gasteiger partial charge is 0.329 e. The molecule has 7 nitrogen and oxygen atoms in total. The molecule has 0 radical (unpaired) electrons. The molecule has 2 rings (SSSR count). The molecular formula is C18H19FN2O5. The zero-order valence-electron chi connectivity index (χ0n) is 14.3. The highest BCUT2D eigenvalue weighted by atomic mass is 19.1. The van der Waals surface area contributed by atoms with Gasteiger partial charge in [0.15, 0.2) is 12.4 Å². The summed E-state index contributed by atoms with van der Waals surface area (Å²) in [6.07, 6.45) is 1.34. The standard InChI is InChI=1S/C18H19FN2O5/c1-11(2)16(21-17(23)14-7-4-8-25-14)18(24)26-10-15(22)20-13-6-3-5-12(19)9-13/h3-9,11,16H,10H2,1-2H3,(H,20,22)(H,21,23)/t16-/m0/s1. The number of rotatable bonds is 7. The molecule has 0 bridgehead atoms. The minimum Gasteiger partial charge on any atom is -0.459 e. The van der Waals surface area contributed by atoms with Gasteiger partial charge in [0.05, 0.1) is 6.26 Å². The molecule has 0 aliphatic rings. The van der Waals surface area contributed by atoms with Crippen LogP contribution in [0.1, 0.15) is 24.4 Å². The summed E-state index contributed by atoms with van der Waals surface area (Å²) in [5.41, 5.74) is 0.248. The van der Waals surface area contributed by atoms with E-state index in [4.69, 9.17) is 9.15 Å². The van der Waals surface area contributed by atoms with Gasteiger partial charge in [-0.15, -0.1) is 0 Å². The van der Waals surface area contributed by atoms with Gasteiger partial charge in [0.25, 0.3) is 11.8 Å². The summed E-state index contributed by atoms with van der Waals surface area (Å²) in [5.74, 6) is -2.65. The molecule has 0 saturated heterocycles. The Morgan fingerprint density at radius 1 is 1.19 bits per heavy atom. The zero-order valence-corrected chi connectivity index (χ0v) is 14.3. The minimum absolute atomic E-state index is 0.0623. The van der Waals surface area contributed by atoms with Crippen molar-refractivity contribution in [3.63, 3.8) is 0 Å². The second-order valence-corrected chi connectivity index (χ2v) is 5.84. The van der Waals surface area contributed by atoms with Crippen molar-refractivity contribution in [3.8, 4) is 0 Å². The lowest BCUT2D eigenvalue weighted by Crippen LogP contribution is -2.45. The van der Waals surface area contributed by atoms with Crippen LogP contribution in [0.25, 0.3) is 0 Å². The molecule has 0 unspecified atom stereocenters. The summed E-state index contributed by atoms with van der Waals surface area (Å²) in [6, 6.07) is 7.39. The molecule has 1 aromatic heterocycles. The molecule has 1 atom stereocenters. The predicted molar refractivity (Wildman–Crippen MR) is 90.8 cm³/mol. The number of benzene rings is 1. The molecule has 8 heteroatoms. The summed E-state index contributed by atoms with van der Waals surface area (Å²) in [5, 5.41) is 4.92. The number of carbonyl (C=O) groups excluding carboxylic acids is 3. The quantitative estimate of drug-likeness (QED) is 0.737. The SMILES string of the molecule is CC(C)[C@H](NC(=O)c1ccco1)C(=O)OCC(=O)Nc1cccc(F)c1. The fourth-order valence-electron chi connectivity index (χ4n) is 2.11. The molecule has 0 saturated carbocycles. The van der Waals surface area contributed by atoms with Crippen molar-refractivity contribution >= 4 is 23.5 Å². The van der Waals surface area contributed by atoms with Crippen molar-refractivity contribution in [2.75, 3.05) is 11.9 Å². The van der Waals surface area contributed by atoms with Crippen molar-refractivity contribution in [2.24, 2.45) is 5.92 Å². The van der Waals surface area contributed by atoms with Crippen LogP contribution in [0, 0.1) is 11.7 Å². The van der Waals surface area contributed by atoms with Gasteiger partial charge < -0.3 is 19.8 Å². The molecule has 138 valence electrons. The number of nitrogens with one attached hydrogen (secondary N) is 2. The third kappa shape index (κ3) is 5.44. The van der Waals surface area contributed by atoms with E-state index in [0.717, 1.165) is 6.07 Å². The van der Waals surface area contributed by atoms with E-state index in [0.29, 0.717) is 0 Å². The zero-order chi connectivity index (χ0) is 19.1. The molecule has 0 fully saturated rings. The lowest BCUT2D eigenvalue weighted by atomic mass is 10.0. The van der Waals surface area contributed by atoms with Gasteiger partial charge in [0.1, 0.15) is 11.9 Å². The first-order chi connectivity index (χ1) is 12.4. The van der Waals surface area contributed by atoms with Crippen molar-refractivity contribution < 1.29 is 27.9 Å². The van der Waals surface area contributed by atoms with Crippen LogP contribution in [0.5, 0.6) is 0 Å². The molecule has 2 N–H and O–H groups in total. The Morgan fingerprint density at radius 3 is 2.58 bits per heavy atom. The van der Waals surface area contributed by atoms with Gasteiger partial charge in [-0.1, -0.05) is 19.9 Å². The number of hydrogen-bond acceptors (Lipinski definition) is 5. The lowest BCUT2D eigenvalue weighted by Gasteiger charge is -2.20. The number of hydrogen-bond donors (Lipinski definition) is 2. The van der Waals surface area contributed by atoms with Gasteiger partial charge in [0.2, 0.25) is 0 Å². The molecule has 2 aromatic rings. The van der Waals surface area contributed by atoms with Gasteiger partial charge in [-0.05, 0) is 36.2 Å². The molecular weight excluding hydrogens is 343 g/mol. The van der Waals surface area contributed by atoms with Crippen LogP contribution in [-0.4, -0.2) is 30.4 Å². The van der Waals surface area contributed by atoms with Crippen LogP contribution in [0.2, 0.25) is 0 Å². The highest BCUT2D eigenvalue weighted by molar-refractivity contribution is 5.96. The largest absolute Gasteiger partial charge is 0.459 e. The van der Waals surface area contributed by atoms with E-state index >= 15 is 0 Å². The molecule has 1 aromatic carbocycles. The van der Waals surface area contributed by atoms with E-state index in [1.807, 2.05) is 0 Å². The molecule has 0 aliphatic heterocycles. The molecule has 2 amide bonds. The number of furan rings is 1. The highest BCUT2D eigenvalue weighted by Gasteiger charge is 2.27. The van der Waals surface area contributed by atoms with E-state index < -0.39 is 36.2 Å². The normalized spacial score (nSPS) is 11.7. The number of esters is 1. The Labute approximate surface area is 149 Å². The van der Waals surface area contributed by atoms with Crippen molar-refractivity contribution in [3.05, 3.63) is 54.2 Å². The van der Waals surface area contributed by atoms with E-state index in [1.54, 1.807) is 19.9 Å². The Balaban J connectivity index is 1.88. The average molecular weight is 362 g/mol. The fourth-order valence-corrected chi connectivity index (χ4v) is 2.11. The topological polar surface area (TPSA) is 97.6 Å². The fraction of sp³-hybridized carbons (Fsp3) is 0.278. The van der Waals surface area contributed by atoms with Crippen LogP contribution in [0.3, 0.4) is 0 Å². The second-order valence-electron chi connectivity index (χ2n) is 5.84. The highest BCUT2D eigenvalue weighted by Crippen LogP contribution is 2.10. The van der Waals surface area contributed by atoms with Gasteiger partial charge in [-0.25, -0.2) is 9.18 Å². The van der Waals surface area contributed by atoms with Crippen LogP contribution >= 0.6 is 0 Å². The third-order valence-corrected chi connectivity index (χ3v) is 3.41. The van der Waals surface area contributed by atoms with Gasteiger partial charge in [0, 0.05) is 5.69 Å². The van der Waals surface area contributed by atoms with E-state index in [2.05, 4.69) is 10.6 Å². The number of amides is 2. The summed E-state index contributed by atoms with van der Waals surface area (Å²) < 4.78 is 23.0. The Bertz CT molecular complexity index is 774. The molecule has 26 heavy (non-hydrogen) atoms. The first kappa shape index (κ1) is 19.2. The predicted octanol–water partition coefficient (Wildman–Crippen LogP) is 2.36. The van der Waals surface area contributed by atoms with E-state index in [9.17, 15) is 18.8 Å². The Hall–Kier alpha value is -3.16. The Morgan fingerprint density at radius 2 is 1.96 bits per heavy atom. The molecule has 0 spiro atoms. The van der Waals surface area contributed by atoms with E-state index in [-0.39, 0.29) is 17.4 Å². The monoisotopic (exact) mass is 362 g/mol. The maximum absolute atomic E-state index is 13.1. The average Bonchev–Trinajstić information content (AvgIpc) is 3.12.